The summed E-state index contributed by atoms with van der Waals surface area (Å²) in [5.41, 5.74) is 1.16. The van der Waals surface area contributed by atoms with Gasteiger partial charge in [0.2, 0.25) is 0 Å². The Balaban J connectivity index is 2.11. The van der Waals surface area contributed by atoms with Crippen LogP contribution in [0.5, 0.6) is 0 Å². The summed E-state index contributed by atoms with van der Waals surface area (Å²) < 4.78 is 0. The molecule has 0 bridgehead atoms. The van der Waals surface area contributed by atoms with E-state index in [9.17, 15) is 14.7 Å². The van der Waals surface area contributed by atoms with E-state index in [1.165, 1.54) is 11.3 Å². The first-order valence-corrected chi connectivity index (χ1v) is 7.30. The van der Waals surface area contributed by atoms with E-state index in [1.807, 2.05) is 37.3 Å². The van der Waals surface area contributed by atoms with Gasteiger partial charge in [-0.3, -0.25) is 4.79 Å². The fourth-order valence-electron chi connectivity index (χ4n) is 2.02. The van der Waals surface area contributed by atoms with Gasteiger partial charge in [0.05, 0.1) is 5.01 Å². The molecule has 0 spiro atoms. The molecule has 6 heteroatoms. The average molecular weight is 304 g/mol. The van der Waals surface area contributed by atoms with Crippen LogP contribution in [0, 0.1) is 13.8 Å². The van der Waals surface area contributed by atoms with Crippen molar-refractivity contribution >= 4 is 23.2 Å². The van der Waals surface area contributed by atoms with Crippen LogP contribution in [0.25, 0.3) is 0 Å². The number of thiazole rings is 1. The van der Waals surface area contributed by atoms with E-state index in [2.05, 4.69) is 10.3 Å². The fourth-order valence-corrected chi connectivity index (χ4v) is 2.83. The number of nitrogens with one attached hydrogen (secondary N) is 1. The van der Waals surface area contributed by atoms with Gasteiger partial charge in [0.1, 0.15) is 11.7 Å². The fraction of sp³-hybridized carbons (Fsp3) is 0.267. The molecule has 5 nitrogen and oxygen atoms in total. The van der Waals surface area contributed by atoms with E-state index in [4.69, 9.17) is 0 Å². The maximum absolute atomic E-state index is 12.2. The summed E-state index contributed by atoms with van der Waals surface area (Å²) in [6.45, 7) is 3.61. The van der Waals surface area contributed by atoms with Crippen molar-refractivity contribution in [1.29, 1.82) is 0 Å². The molecule has 1 aromatic carbocycles. The molecule has 110 valence electrons. The highest BCUT2D eigenvalue weighted by Gasteiger charge is 2.23. The number of nitrogens with zero attached hydrogens (tertiary/aromatic N) is 1. The standard InChI is InChI=1S/C15H16N2O3S/c1-9-13(16-10(2)21-9)14(18)17-12(15(19)20)8-11-6-4-3-5-7-11/h3-7,12H,8H2,1-2H3,(H,17,18)(H,19,20)/t12-/m0/s1. The third-order valence-corrected chi connectivity index (χ3v) is 3.89. The zero-order valence-corrected chi connectivity index (χ0v) is 12.6. The molecule has 0 aliphatic carbocycles. The van der Waals surface area contributed by atoms with Crippen LogP contribution in [0.2, 0.25) is 0 Å². The largest absolute Gasteiger partial charge is 0.480 e. The number of aromatic nitrogens is 1. The topological polar surface area (TPSA) is 79.3 Å². The Bertz CT molecular complexity index is 652. The monoisotopic (exact) mass is 304 g/mol. The Morgan fingerprint density at radius 2 is 1.95 bits per heavy atom. The highest BCUT2D eigenvalue weighted by molar-refractivity contribution is 7.11. The van der Waals surface area contributed by atoms with Crippen molar-refractivity contribution in [2.45, 2.75) is 26.3 Å². The molecule has 21 heavy (non-hydrogen) atoms. The minimum absolute atomic E-state index is 0.240. The van der Waals surface area contributed by atoms with Crippen LogP contribution >= 0.6 is 11.3 Å². The predicted octanol–water partition coefficient (Wildman–Crippen LogP) is 2.19. The van der Waals surface area contributed by atoms with Gasteiger partial charge >= 0.3 is 5.97 Å². The summed E-state index contributed by atoms with van der Waals surface area (Å²) in [4.78, 5) is 28.4. The Morgan fingerprint density at radius 3 is 2.48 bits per heavy atom. The lowest BCUT2D eigenvalue weighted by Gasteiger charge is -2.14. The number of amides is 1. The van der Waals surface area contributed by atoms with E-state index in [0.29, 0.717) is 5.69 Å². The first-order valence-electron chi connectivity index (χ1n) is 6.49. The third-order valence-electron chi connectivity index (χ3n) is 3.00. The van der Waals surface area contributed by atoms with E-state index < -0.39 is 17.9 Å². The molecule has 0 unspecified atom stereocenters. The Hall–Kier alpha value is -2.21. The quantitative estimate of drug-likeness (QED) is 0.887. The predicted molar refractivity (Wildman–Crippen MR) is 80.6 cm³/mol. The van der Waals surface area contributed by atoms with Crippen LogP contribution < -0.4 is 5.32 Å². The molecule has 0 saturated carbocycles. The third kappa shape index (κ3) is 3.88. The van der Waals surface area contributed by atoms with Gasteiger partial charge in [-0.1, -0.05) is 30.3 Å². The molecule has 0 saturated heterocycles. The average Bonchev–Trinajstić information content (AvgIpc) is 2.78. The lowest BCUT2D eigenvalue weighted by atomic mass is 10.1. The normalized spacial score (nSPS) is 11.9. The molecule has 0 fully saturated rings. The second-order valence-corrected chi connectivity index (χ2v) is 6.10. The maximum Gasteiger partial charge on any atom is 0.326 e. The molecule has 2 rings (SSSR count). The van der Waals surface area contributed by atoms with Gasteiger partial charge in [0.25, 0.3) is 5.91 Å². The highest BCUT2D eigenvalue weighted by atomic mass is 32.1. The molecule has 0 radical (unpaired) electrons. The minimum Gasteiger partial charge on any atom is -0.480 e. The van der Waals surface area contributed by atoms with Crippen LogP contribution in [-0.2, 0) is 11.2 Å². The molecule has 1 atom stereocenters. The van der Waals surface area contributed by atoms with Gasteiger partial charge in [-0.05, 0) is 19.4 Å². The van der Waals surface area contributed by atoms with Crippen molar-refractivity contribution in [3.8, 4) is 0 Å². The second kappa shape index (κ2) is 6.49. The zero-order chi connectivity index (χ0) is 15.4. The molecule has 2 aromatic rings. The van der Waals surface area contributed by atoms with E-state index in [-0.39, 0.29) is 6.42 Å². The molecule has 0 aliphatic heterocycles. The summed E-state index contributed by atoms with van der Waals surface area (Å²) in [7, 11) is 0. The number of aliphatic carboxylic acids is 1. The van der Waals surface area contributed by atoms with Crippen molar-refractivity contribution in [2.24, 2.45) is 0 Å². The number of carboxylic acid groups (broad SMARTS) is 1. The molecule has 0 aliphatic rings. The first kappa shape index (κ1) is 15.2. The van der Waals surface area contributed by atoms with E-state index in [1.54, 1.807) is 6.92 Å². The maximum atomic E-state index is 12.2. The lowest BCUT2D eigenvalue weighted by Crippen LogP contribution is -2.42. The van der Waals surface area contributed by atoms with Crippen LogP contribution in [0.3, 0.4) is 0 Å². The molecular weight excluding hydrogens is 288 g/mol. The summed E-state index contributed by atoms with van der Waals surface area (Å²) in [6, 6.07) is 8.23. The number of carboxylic acids is 1. The first-order chi connectivity index (χ1) is 9.97. The Morgan fingerprint density at radius 1 is 1.29 bits per heavy atom. The molecule has 1 aromatic heterocycles. The summed E-state index contributed by atoms with van der Waals surface area (Å²) >= 11 is 1.42. The highest BCUT2D eigenvalue weighted by Crippen LogP contribution is 2.16. The molecule has 1 heterocycles. The van der Waals surface area contributed by atoms with Crippen molar-refractivity contribution in [3.05, 3.63) is 51.5 Å². The molecular formula is C15H16N2O3S. The Kier molecular flexibility index (Phi) is 4.70. The van der Waals surface area contributed by atoms with Crippen LogP contribution in [0.15, 0.2) is 30.3 Å². The lowest BCUT2D eigenvalue weighted by molar-refractivity contribution is -0.139. The number of benzene rings is 1. The summed E-state index contributed by atoms with van der Waals surface area (Å²) in [5, 5.41) is 12.6. The van der Waals surface area contributed by atoms with Gasteiger partial charge in [0.15, 0.2) is 0 Å². The van der Waals surface area contributed by atoms with Gasteiger partial charge in [-0.15, -0.1) is 11.3 Å². The van der Waals surface area contributed by atoms with Gasteiger partial charge < -0.3 is 10.4 Å². The van der Waals surface area contributed by atoms with Crippen LogP contribution in [0.4, 0.5) is 0 Å². The Labute approximate surface area is 126 Å². The van der Waals surface area contributed by atoms with Crippen LogP contribution in [0.1, 0.15) is 25.9 Å². The van der Waals surface area contributed by atoms with Crippen molar-refractivity contribution < 1.29 is 14.7 Å². The van der Waals surface area contributed by atoms with Crippen molar-refractivity contribution in [3.63, 3.8) is 0 Å². The molecule has 2 N–H and O–H groups in total. The second-order valence-electron chi connectivity index (χ2n) is 4.69. The minimum atomic E-state index is -1.06. The SMILES string of the molecule is Cc1nc(C(=O)N[C@@H](Cc2ccccc2)C(=O)O)c(C)s1. The van der Waals surface area contributed by atoms with Gasteiger partial charge in [0, 0.05) is 11.3 Å². The van der Waals surface area contributed by atoms with E-state index in [0.717, 1.165) is 15.4 Å². The van der Waals surface area contributed by atoms with E-state index >= 15 is 0 Å². The summed E-state index contributed by atoms with van der Waals surface area (Å²) in [5.74, 6) is -1.50. The van der Waals surface area contributed by atoms with Crippen LogP contribution in [-0.4, -0.2) is 28.0 Å². The number of hydrogen-bond donors (Lipinski definition) is 2. The summed E-state index contributed by atoms with van der Waals surface area (Å²) in [6.07, 6.45) is 0.240. The molecule has 1 amide bonds. The zero-order valence-electron chi connectivity index (χ0n) is 11.8. The number of hydrogen-bond acceptors (Lipinski definition) is 4. The smallest absolute Gasteiger partial charge is 0.326 e. The van der Waals surface area contributed by atoms with Crippen molar-refractivity contribution in [2.75, 3.05) is 0 Å². The van der Waals surface area contributed by atoms with Gasteiger partial charge in [-0.25, -0.2) is 9.78 Å². The van der Waals surface area contributed by atoms with Gasteiger partial charge in [-0.2, -0.15) is 0 Å². The number of carbonyl (C=O) groups excluding carboxylic acids is 1. The number of rotatable bonds is 5. The van der Waals surface area contributed by atoms with Crippen molar-refractivity contribution in [1.82, 2.24) is 10.3 Å². The number of carbonyl (C=O) groups is 2. The number of aryl methyl sites for hydroxylation is 2.